The fraction of sp³-hybridized carbons (Fsp3) is 0.348. The van der Waals surface area contributed by atoms with Gasteiger partial charge in [0.05, 0.1) is 35.4 Å². The first kappa shape index (κ1) is 24.9. The van der Waals surface area contributed by atoms with Crippen LogP contribution in [0.2, 0.25) is 0 Å². The molecular weight excluding hydrogens is 459 g/mol. The smallest absolute Gasteiger partial charge is 0.391 e. The van der Waals surface area contributed by atoms with Gasteiger partial charge in [-0.15, -0.1) is 12.4 Å². The van der Waals surface area contributed by atoms with Gasteiger partial charge < -0.3 is 10.4 Å². The van der Waals surface area contributed by atoms with Crippen LogP contribution in [0.25, 0.3) is 22.0 Å². The molecule has 0 unspecified atom stereocenters. The molecule has 1 aromatic heterocycles. The SMILES string of the molecule is Cl.O=C(C[C@H]1NCCC[C@@H]1O)Cn1cnc2cccc(-c3cccc(C(F)(F)F)c3)c2c1=O. The summed E-state index contributed by atoms with van der Waals surface area (Å²) in [6, 6.07) is 9.18. The molecule has 3 aromatic rings. The van der Waals surface area contributed by atoms with Crippen LogP contribution in [-0.2, 0) is 17.5 Å². The molecule has 4 rings (SSSR count). The van der Waals surface area contributed by atoms with E-state index < -0.39 is 23.4 Å². The minimum Gasteiger partial charge on any atom is -0.391 e. The van der Waals surface area contributed by atoms with Crippen LogP contribution < -0.4 is 10.9 Å². The second-order valence-corrected chi connectivity index (χ2v) is 7.97. The maximum Gasteiger partial charge on any atom is 0.416 e. The first-order valence-electron chi connectivity index (χ1n) is 10.3. The number of carbonyl (C=O) groups is 1. The Balaban J connectivity index is 0.00000306. The predicted octanol–water partition coefficient (Wildman–Crippen LogP) is 3.58. The van der Waals surface area contributed by atoms with E-state index in [4.69, 9.17) is 0 Å². The van der Waals surface area contributed by atoms with Crippen molar-refractivity contribution < 1.29 is 23.1 Å². The van der Waals surface area contributed by atoms with Gasteiger partial charge in [0.2, 0.25) is 0 Å². The number of rotatable bonds is 5. The van der Waals surface area contributed by atoms with E-state index >= 15 is 0 Å². The summed E-state index contributed by atoms with van der Waals surface area (Å²) in [6.07, 6.45) is -2.35. The Labute approximate surface area is 193 Å². The van der Waals surface area contributed by atoms with Crippen molar-refractivity contribution in [3.8, 4) is 11.1 Å². The highest BCUT2D eigenvalue weighted by molar-refractivity contribution is 5.94. The summed E-state index contributed by atoms with van der Waals surface area (Å²) in [5, 5.41) is 13.3. The van der Waals surface area contributed by atoms with Crippen LogP contribution in [0.1, 0.15) is 24.8 Å². The fourth-order valence-electron chi connectivity index (χ4n) is 4.06. The minimum atomic E-state index is -4.51. The quantitative estimate of drug-likeness (QED) is 0.582. The van der Waals surface area contributed by atoms with Crippen LogP contribution in [0.4, 0.5) is 13.2 Å². The van der Waals surface area contributed by atoms with Crippen molar-refractivity contribution in [1.29, 1.82) is 0 Å². The monoisotopic (exact) mass is 481 g/mol. The lowest BCUT2D eigenvalue weighted by atomic mass is 9.97. The zero-order valence-corrected chi connectivity index (χ0v) is 18.3. The number of piperidine rings is 1. The van der Waals surface area contributed by atoms with Gasteiger partial charge in [0.15, 0.2) is 5.78 Å². The maximum atomic E-state index is 13.2. The number of nitrogens with zero attached hydrogens (tertiary/aromatic N) is 2. The number of aromatic nitrogens is 2. The lowest BCUT2D eigenvalue weighted by Gasteiger charge is -2.28. The van der Waals surface area contributed by atoms with Gasteiger partial charge in [0.1, 0.15) is 0 Å². The molecule has 6 nitrogen and oxygen atoms in total. The summed E-state index contributed by atoms with van der Waals surface area (Å²) < 4.78 is 40.7. The van der Waals surface area contributed by atoms with Gasteiger partial charge in [-0.05, 0) is 48.7 Å². The third-order valence-electron chi connectivity index (χ3n) is 5.70. The Kier molecular flexibility index (Phi) is 7.56. The summed E-state index contributed by atoms with van der Waals surface area (Å²) in [4.78, 5) is 30.0. The number of alkyl halides is 3. The van der Waals surface area contributed by atoms with Crippen molar-refractivity contribution in [2.75, 3.05) is 6.54 Å². The molecule has 176 valence electrons. The Bertz CT molecular complexity index is 1210. The Hall–Kier alpha value is -2.75. The molecule has 1 saturated heterocycles. The van der Waals surface area contributed by atoms with Crippen LogP contribution in [0.3, 0.4) is 0 Å². The van der Waals surface area contributed by atoms with E-state index in [2.05, 4.69) is 10.3 Å². The van der Waals surface area contributed by atoms with Gasteiger partial charge in [0.25, 0.3) is 5.56 Å². The standard InChI is InChI=1S/C23H22F3N3O3.ClH/c24-23(25,26)15-5-1-4-14(10-15)17-6-2-7-18-21(17)22(32)29(13-28-18)12-16(30)11-19-20(31)8-3-9-27-19;/h1-2,4-7,10,13,19-20,27,31H,3,8-9,11-12H2;1H/t19-,20+;/m1./s1. The van der Waals surface area contributed by atoms with E-state index in [0.717, 1.165) is 23.1 Å². The highest BCUT2D eigenvalue weighted by Crippen LogP contribution is 2.33. The third kappa shape index (κ3) is 5.43. The van der Waals surface area contributed by atoms with E-state index in [-0.39, 0.29) is 48.1 Å². The third-order valence-corrected chi connectivity index (χ3v) is 5.70. The number of ketones is 1. The highest BCUT2D eigenvalue weighted by Gasteiger charge is 2.30. The summed E-state index contributed by atoms with van der Waals surface area (Å²) in [6.45, 7) is 0.483. The number of halogens is 4. The lowest BCUT2D eigenvalue weighted by Crippen LogP contribution is -2.46. The molecule has 0 radical (unpaired) electrons. The number of hydrogen-bond donors (Lipinski definition) is 2. The molecule has 1 aliphatic heterocycles. The molecule has 33 heavy (non-hydrogen) atoms. The Morgan fingerprint density at radius 3 is 2.70 bits per heavy atom. The molecule has 1 fully saturated rings. The second-order valence-electron chi connectivity index (χ2n) is 7.97. The average molecular weight is 482 g/mol. The first-order chi connectivity index (χ1) is 15.2. The van der Waals surface area contributed by atoms with Crippen molar-refractivity contribution in [2.45, 2.75) is 44.1 Å². The number of fused-ring (bicyclic) bond motifs is 1. The van der Waals surface area contributed by atoms with Gasteiger partial charge in [-0.1, -0.05) is 24.3 Å². The number of carbonyl (C=O) groups excluding carboxylic acids is 1. The predicted molar refractivity (Wildman–Crippen MR) is 120 cm³/mol. The molecule has 2 N–H and O–H groups in total. The number of nitrogens with one attached hydrogen (secondary N) is 1. The van der Waals surface area contributed by atoms with Crippen LogP contribution in [0.15, 0.2) is 53.6 Å². The molecule has 1 aliphatic rings. The Morgan fingerprint density at radius 1 is 1.21 bits per heavy atom. The summed E-state index contributed by atoms with van der Waals surface area (Å²) in [5.74, 6) is -0.247. The van der Waals surface area contributed by atoms with Gasteiger partial charge >= 0.3 is 6.18 Å². The Morgan fingerprint density at radius 2 is 1.97 bits per heavy atom. The van der Waals surface area contributed by atoms with Crippen molar-refractivity contribution >= 4 is 29.1 Å². The molecule has 0 bridgehead atoms. The molecular formula is C23H23ClF3N3O3. The van der Waals surface area contributed by atoms with Crippen LogP contribution in [-0.4, -0.2) is 39.1 Å². The molecule has 0 saturated carbocycles. The first-order valence-corrected chi connectivity index (χ1v) is 10.3. The molecule has 0 aliphatic carbocycles. The maximum absolute atomic E-state index is 13.2. The number of benzene rings is 2. The zero-order chi connectivity index (χ0) is 22.9. The van der Waals surface area contributed by atoms with Crippen LogP contribution in [0.5, 0.6) is 0 Å². The minimum absolute atomic E-state index is 0. The number of Topliss-reactive ketones (excluding diaryl/α,β-unsaturated/α-hetero) is 1. The van der Waals surface area contributed by atoms with Crippen LogP contribution in [0, 0.1) is 0 Å². The molecule has 2 atom stereocenters. The van der Waals surface area contributed by atoms with Crippen molar-refractivity contribution in [2.24, 2.45) is 0 Å². The highest BCUT2D eigenvalue weighted by atomic mass is 35.5. The van der Waals surface area contributed by atoms with Crippen molar-refractivity contribution in [3.05, 3.63) is 64.7 Å². The van der Waals surface area contributed by atoms with Crippen LogP contribution >= 0.6 is 12.4 Å². The summed E-state index contributed by atoms with van der Waals surface area (Å²) in [7, 11) is 0. The van der Waals surface area contributed by atoms with Crippen molar-refractivity contribution in [3.63, 3.8) is 0 Å². The largest absolute Gasteiger partial charge is 0.416 e. The average Bonchev–Trinajstić information content (AvgIpc) is 2.76. The topological polar surface area (TPSA) is 84.2 Å². The molecule has 2 aromatic carbocycles. The number of aliphatic hydroxyl groups is 1. The van der Waals surface area contributed by atoms with Crippen molar-refractivity contribution in [1.82, 2.24) is 14.9 Å². The van der Waals surface area contributed by atoms with E-state index in [1.807, 2.05) is 0 Å². The number of hydrogen-bond acceptors (Lipinski definition) is 5. The van der Waals surface area contributed by atoms with E-state index in [9.17, 15) is 27.9 Å². The summed E-state index contributed by atoms with van der Waals surface area (Å²) in [5.41, 5.74) is -0.434. The second kappa shape index (κ2) is 10.0. The van der Waals surface area contributed by atoms with Gasteiger partial charge in [-0.25, -0.2) is 4.98 Å². The van der Waals surface area contributed by atoms with Gasteiger partial charge in [-0.3, -0.25) is 14.2 Å². The van der Waals surface area contributed by atoms with E-state index in [1.54, 1.807) is 18.2 Å². The van der Waals surface area contributed by atoms with Gasteiger partial charge in [-0.2, -0.15) is 13.2 Å². The molecule has 0 spiro atoms. The normalized spacial score (nSPS) is 18.7. The lowest BCUT2D eigenvalue weighted by molar-refractivity contribution is -0.137. The van der Waals surface area contributed by atoms with E-state index in [1.165, 1.54) is 18.5 Å². The van der Waals surface area contributed by atoms with E-state index in [0.29, 0.717) is 24.0 Å². The zero-order valence-electron chi connectivity index (χ0n) is 17.5. The molecule has 10 heteroatoms. The summed E-state index contributed by atoms with van der Waals surface area (Å²) >= 11 is 0. The molecule has 2 heterocycles. The number of aliphatic hydroxyl groups excluding tert-OH is 1. The van der Waals surface area contributed by atoms with Gasteiger partial charge in [0, 0.05) is 12.5 Å². The fourth-order valence-corrected chi connectivity index (χ4v) is 4.06. The molecule has 0 amide bonds.